The van der Waals surface area contributed by atoms with E-state index in [1.165, 1.54) is 141 Å². The van der Waals surface area contributed by atoms with Gasteiger partial charge < -0.3 is 10.2 Å². The Morgan fingerprint density at radius 3 is 1.47 bits per heavy atom. The molecule has 4 nitrogen and oxygen atoms in total. The minimum absolute atomic E-state index is 0.0596. The maximum absolute atomic E-state index is 12.9. The predicted octanol–water partition coefficient (Wildman–Crippen LogP) is 12.2. The molecule has 0 saturated carbocycles. The molecule has 0 aliphatic carbocycles. The highest BCUT2D eigenvalue weighted by molar-refractivity contribution is 5.88. The van der Waals surface area contributed by atoms with Gasteiger partial charge in [-0.3, -0.25) is 9.59 Å². The maximum atomic E-state index is 12.9. The van der Waals surface area contributed by atoms with E-state index < -0.39 is 0 Å². The van der Waals surface area contributed by atoms with Crippen LogP contribution in [0.5, 0.6) is 0 Å². The number of rotatable bonds is 32. The van der Waals surface area contributed by atoms with E-state index in [0.29, 0.717) is 6.42 Å². The van der Waals surface area contributed by atoms with Gasteiger partial charge in [0.1, 0.15) is 6.04 Å². The van der Waals surface area contributed by atoms with Gasteiger partial charge in [-0.15, -0.1) is 0 Å². The summed E-state index contributed by atoms with van der Waals surface area (Å²) < 4.78 is 0. The SMILES string of the molecule is CCCCC/C=C/CCCCCCCCCCC(=O)N1CCC[C@H]1C(=O)NCCCC/C=C\CCCCCCCCCCCC. The van der Waals surface area contributed by atoms with Crippen LogP contribution in [0.1, 0.15) is 206 Å². The van der Waals surface area contributed by atoms with Gasteiger partial charge in [0, 0.05) is 19.5 Å². The molecular formula is C41H76N2O2. The van der Waals surface area contributed by atoms with Gasteiger partial charge in [-0.2, -0.15) is 0 Å². The predicted molar refractivity (Wildman–Crippen MR) is 197 cm³/mol. The third-order valence-electron chi connectivity index (χ3n) is 9.52. The van der Waals surface area contributed by atoms with Crippen LogP contribution < -0.4 is 5.32 Å². The summed E-state index contributed by atoms with van der Waals surface area (Å²) in [6.45, 7) is 6.01. The van der Waals surface area contributed by atoms with E-state index in [4.69, 9.17) is 0 Å². The number of allylic oxidation sites excluding steroid dienone is 4. The van der Waals surface area contributed by atoms with E-state index in [2.05, 4.69) is 43.5 Å². The topological polar surface area (TPSA) is 49.4 Å². The van der Waals surface area contributed by atoms with Gasteiger partial charge in [-0.05, 0) is 77.0 Å². The lowest BCUT2D eigenvalue weighted by Crippen LogP contribution is -2.46. The third kappa shape index (κ3) is 25.2. The first-order valence-corrected chi connectivity index (χ1v) is 20.1. The second-order valence-electron chi connectivity index (χ2n) is 13.8. The van der Waals surface area contributed by atoms with Crippen LogP contribution in [0.2, 0.25) is 0 Å². The zero-order valence-corrected chi connectivity index (χ0v) is 30.3. The Morgan fingerprint density at radius 2 is 0.956 bits per heavy atom. The highest BCUT2D eigenvalue weighted by atomic mass is 16.2. The first-order chi connectivity index (χ1) is 22.2. The van der Waals surface area contributed by atoms with Gasteiger partial charge in [0.25, 0.3) is 0 Å². The lowest BCUT2D eigenvalue weighted by Gasteiger charge is -2.24. The van der Waals surface area contributed by atoms with Crippen LogP contribution in [-0.4, -0.2) is 35.8 Å². The van der Waals surface area contributed by atoms with Crippen molar-refractivity contribution < 1.29 is 9.59 Å². The summed E-state index contributed by atoms with van der Waals surface area (Å²) >= 11 is 0. The number of hydrogen-bond acceptors (Lipinski definition) is 2. The van der Waals surface area contributed by atoms with Crippen molar-refractivity contribution in [2.75, 3.05) is 13.1 Å². The Bertz CT molecular complexity index is 731. The summed E-state index contributed by atoms with van der Waals surface area (Å²) in [4.78, 5) is 27.5. The van der Waals surface area contributed by atoms with Crippen LogP contribution in [0.4, 0.5) is 0 Å². The molecular weight excluding hydrogens is 552 g/mol. The Labute approximate surface area is 281 Å². The molecule has 1 aliphatic rings. The first kappa shape index (κ1) is 41.4. The fourth-order valence-electron chi connectivity index (χ4n) is 6.53. The minimum atomic E-state index is -0.246. The van der Waals surface area contributed by atoms with Crippen molar-refractivity contribution in [3.63, 3.8) is 0 Å². The number of nitrogens with one attached hydrogen (secondary N) is 1. The standard InChI is InChI=1S/C41H76N2O2/c1-3-5-7-9-11-13-15-17-19-21-23-25-27-29-31-33-37-42-41(45)39-35-34-38-43(39)40(44)36-32-30-28-26-24-22-20-18-16-14-12-10-8-6-4-2/h12,14,25,27,39H,3-11,13,15-24,26,28-38H2,1-2H3,(H,42,45)/b14-12+,27-25-/t39-/m0/s1. The molecule has 0 spiro atoms. The Hall–Kier alpha value is -1.58. The van der Waals surface area contributed by atoms with Gasteiger partial charge in [0.15, 0.2) is 0 Å². The number of amides is 2. The molecule has 262 valence electrons. The summed E-state index contributed by atoms with van der Waals surface area (Å²) in [6.07, 6.45) is 46.5. The molecule has 1 aliphatic heterocycles. The molecule has 1 heterocycles. The monoisotopic (exact) mass is 629 g/mol. The molecule has 0 bridgehead atoms. The molecule has 0 aromatic rings. The zero-order valence-electron chi connectivity index (χ0n) is 30.3. The second-order valence-corrected chi connectivity index (χ2v) is 13.8. The molecule has 0 aromatic carbocycles. The van der Waals surface area contributed by atoms with Crippen LogP contribution in [0.15, 0.2) is 24.3 Å². The summed E-state index contributed by atoms with van der Waals surface area (Å²) in [7, 11) is 0. The van der Waals surface area contributed by atoms with Crippen molar-refractivity contribution in [3.8, 4) is 0 Å². The number of hydrogen-bond donors (Lipinski definition) is 1. The van der Waals surface area contributed by atoms with Crippen LogP contribution in [-0.2, 0) is 9.59 Å². The molecule has 1 saturated heterocycles. The summed E-state index contributed by atoms with van der Waals surface area (Å²) in [5, 5.41) is 3.12. The average molecular weight is 629 g/mol. The third-order valence-corrected chi connectivity index (χ3v) is 9.52. The zero-order chi connectivity index (χ0) is 32.5. The van der Waals surface area contributed by atoms with E-state index in [9.17, 15) is 9.59 Å². The Balaban J connectivity index is 1.95. The van der Waals surface area contributed by atoms with Gasteiger partial charge in [-0.1, -0.05) is 147 Å². The average Bonchev–Trinajstić information content (AvgIpc) is 3.55. The molecule has 0 unspecified atom stereocenters. The molecule has 2 amide bonds. The number of nitrogens with zero attached hydrogens (tertiary/aromatic N) is 1. The highest BCUT2D eigenvalue weighted by Gasteiger charge is 2.33. The van der Waals surface area contributed by atoms with Crippen LogP contribution in [0, 0.1) is 0 Å². The van der Waals surface area contributed by atoms with Crippen LogP contribution in [0.25, 0.3) is 0 Å². The number of carbonyl (C=O) groups excluding carboxylic acids is 2. The Morgan fingerprint density at radius 1 is 0.556 bits per heavy atom. The lowest BCUT2D eigenvalue weighted by molar-refractivity contribution is -0.138. The molecule has 0 aromatic heterocycles. The van der Waals surface area contributed by atoms with Gasteiger partial charge in [-0.25, -0.2) is 0 Å². The molecule has 0 radical (unpaired) electrons. The molecule has 45 heavy (non-hydrogen) atoms. The molecule has 1 fully saturated rings. The number of carbonyl (C=O) groups is 2. The van der Waals surface area contributed by atoms with E-state index in [1.54, 1.807) is 0 Å². The van der Waals surface area contributed by atoms with Crippen molar-refractivity contribution >= 4 is 11.8 Å². The quantitative estimate of drug-likeness (QED) is 0.0595. The van der Waals surface area contributed by atoms with Crippen molar-refractivity contribution in [2.45, 2.75) is 213 Å². The molecule has 4 heteroatoms. The minimum Gasteiger partial charge on any atom is -0.354 e. The van der Waals surface area contributed by atoms with Crippen LogP contribution in [0.3, 0.4) is 0 Å². The van der Waals surface area contributed by atoms with E-state index in [1.807, 2.05) is 4.90 Å². The van der Waals surface area contributed by atoms with Gasteiger partial charge in [0.2, 0.25) is 11.8 Å². The first-order valence-electron chi connectivity index (χ1n) is 20.1. The summed E-state index contributed by atoms with van der Waals surface area (Å²) in [6, 6.07) is -0.246. The van der Waals surface area contributed by atoms with Crippen molar-refractivity contribution in [1.29, 1.82) is 0 Å². The van der Waals surface area contributed by atoms with Crippen molar-refractivity contribution in [1.82, 2.24) is 10.2 Å². The van der Waals surface area contributed by atoms with Crippen LogP contribution >= 0.6 is 0 Å². The normalized spacial score (nSPS) is 15.2. The Kier molecular flexibility index (Phi) is 29.8. The second kappa shape index (κ2) is 32.4. The smallest absolute Gasteiger partial charge is 0.242 e. The van der Waals surface area contributed by atoms with Gasteiger partial charge >= 0.3 is 0 Å². The molecule has 1 rings (SSSR count). The fourth-order valence-corrected chi connectivity index (χ4v) is 6.53. The highest BCUT2D eigenvalue weighted by Crippen LogP contribution is 2.20. The van der Waals surface area contributed by atoms with E-state index in [-0.39, 0.29) is 17.9 Å². The molecule has 1 atom stereocenters. The number of unbranched alkanes of at least 4 members (excludes halogenated alkanes) is 23. The molecule has 1 N–H and O–H groups in total. The fraction of sp³-hybridized carbons (Fsp3) is 0.854. The van der Waals surface area contributed by atoms with Gasteiger partial charge in [0.05, 0.1) is 0 Å². The van der Waals surface area contributed by atoms with E-state index in [0.717, 1.165) is 58.0 Å². The summed E-state index contributed by atoms with van der Waals surface area (Å²) in [5.74, 6) is 0.243. The van der Waals surface area contributed by atoms with E-state index >= 15 is 0 Å². The van der Waals surface area contributed by atoms with Crippen molar-refractivity contribution in [2.24, 2.45) is 0 Å². The number of likely N-dealkylation sites (tertiary alicyclic amines) is 1. The largest absolute Gasteiger partial charge is 0.354 e. The summed E-state index contributed by atoms with van der Waals surface area (Å²) in [5.41, 5.74) is 0. The lowest BCUT2D eigenvalue weighted by atomic mass is 10.1. The van der Waals surface area contributed by atoms with Crippen molar-refractivity contribution in [3.05, 3.63) is 24.3 Å². The maximum Gasteiger partial charge on any atom is 0.242 e.